The van der Waals surface area contributed by atoms with Crippen LogP contribution in [-0.4, -0.2) is 39.5 Å². The Balaban J connectivity index is 1.30. The number of amides is 4. The van der Waals surface area contributed by atoms with Crippen LogP contribution in [0.2, 0.25) is 0 Å². The van der Waals surface area contributed by atoms with Gasteiger partial charge < -0.3 is 5.11 Å². The average molecular weight is 680 g/mol. The molecule has 0 unspecified atom stereocenters. The number of Topliss-reactive ketones (excluding diaryl/α,β-unsaturated/α-hetero) is 1. The van der Waals surface area contributed by atoms with E-state index in [9.17, 15) is 24.3 Å². The van der Waals surface area contributed by atoms with Gasteiger partial charge in [-0.2, -0.15) is 5.01 Å². The molecule has 2 aliphatic heterocycles. The second-order valence-corrected chi connectivity index (χ2v) is 14.2. The smallest absolute Gasteiger partial charge is 0.260 e. The molecule has 1 saturated carbocycles. The number of hydrazine groups is 1. The standard InChI is InChI=1S/C42H37N3O6/c1-23-12-16-28(17-13-23)43-45-39(49)34-22-33-30(20-21-31-35(33)40(50)44(38(31)48)29-18-14-26(15-19-29)25(3)46)36(32-11-7-8-24(2)37(32)47)42(34,41(45)51)27-9-5-4-6-10-27/h4-20,31,33-36,43,47H,21-22H2,1-3H3/t31-,33+,34-,35-,36+,42+/m0/s1. The van der Waals surface area contributed by atoms with Gasteiger partial charge in [0, 0.05) is 17.0 Å². The monoisotopic (exact) mass is 679 g/mol. The molecule has 0 aromatic heterocycles. The van der Waals surface area contributed by atoms with E-state index < -0.39 is 46.8 Å². The van der Waals surface area contributed by atoms with Gasteiger partial charge in [0.2, 0.25) is 11.8 Å². The molecule has 8 rings (SSSR count). The minimum atomic E-state index is -1.47. The van der Waals surface area contributed by atoms with Crippen LogP contribution in [0.5, 0.6) is 5.75 Å². The first-order chi connectivity index (χ1) is 24.5. The Kier molecular flexibility index (Phi) is 7.56. The van der Waals surface area contributed by atoms with Crippen LogP contribution in [-0.2, 0) is 24.6 Å². The molecule has 4 amide bonds. The van der Waals surface area contributed by atoms with Gasteiger partial charge in [-0.15, -0.1) is 0 Å². The number of phenols is 1. The number of hydrogen-bond donors (Lipinski definition) is 2. The molecule has 2 heterocycles. The van der Waals surface area contributed by atoms with Crippen molar-refractivity contribution >= 4 is 40.8 Å². The minimum Gasteiger partial charge on any atom is -0.507 e. The van der Waals surface area contributed by atoms with Crippen molar-refractivity contribution in [1.82, 2.24) is 5.01 Å². The van der Waals surface area contributed by atoms with Gasteiger partial charge in [-0.05, 0) is 87.1 Å². The number of nitrogens with zero attached hydrogens (tertiary/aromatic N) is 2. The van der Waals surface area contributed by atoms with Gasteiger partial charge in [-0.3, -0.25) is 34.3 Å². The van der Waals surface area contributed by atoms with Gasteiger partial charge in [0.25, 0.3) is 11.8 Å². The molecule has 0 bridgehead atoms. The van der Waals surface area contributed by atoms with Crippen molar-refractivity contribution in [3.05, 3.63) is 137 Å². The van der Waals surface area contributed by atoms with Crippen molar-refractivity contribution in [2.24, 2.45) is 23.7 Å². The highest BCUT2D eigenvalue weighted by Crippen LogP contribution is 2.65. The van der Waals surface area contributed by atoms with E-state index in [2.05, 4.69) is 5.43 Å². The maximum absolute atomic E-state index is 15.2. The van der Waals surface area contributed by atoms with E-state index in [1.165, 1.54) is 11.8 Å². The van der Waals surface area contributed by atoms with Gasteiger partial charge in [0.05, 0.1) is 34.5 Å². The van der Waals surface area contributed by atoms with Gasteiger partial charge in [-0.25, -0.2) is 0 Å². The summed E-state index contributed by atoms with van der Waals surface area (Å²) in [6.07, 6.45) is 2.38. The number of para-hydroxylation sites is 1. The average Bonchev–Trinajstić information content (AvgIpc) is 3.51. The number of ketones is 1. The normalized spacial score (nSPS) is 26.8. The number of allylic oxidation sites excluding steroid dienone is 2. The first-order valence-corrected chi connectivity index (χ1v) is 17.3. The lowest BCUT2D eigenvalue weighted by molar-refractivity contribution is -0.138. The minimum absolute atomic E-state index is 0.0198. The molecule has 9 nitrogen and oxygen atoms in total. The highest BCUT2D eigenvalue weighted by atomic mass is 16.3. The predicted octanol–water partition coefficient (Wildman–Crippen LogP) is 6.40. The summed E-state index contributed by atoms with van der Waals surface area (Å²) in [5.41, 5.74) is 6.58. The van der Waals surface area contributed by atoms with E-state index in [1.807, 2.05) is 73.7 Å². The van der Waals surface area contributed by atoms with Crippen LogP contribution in [0.1, 0.15) is 58.3 Å². The number of nitrogens with one attached hydrogen (secondary N) is 1. The Morgan fingerprint density at radius 2 is 1.51 bits per heavy atom. The van der Waals surface area contributed by atoms with Crippen molar-refractivity contribution in [3.63, 3.8) is 0 Å². The zero-order valence-electron chi connectivity index (χ0n) is 28.5. The van der Waals surface area contributed by atoms with Crippen LogP contribution in [0.4, 0.5) is 11.4 Å². The topological polar surface area (TPSA) is 124 Å². The van der Waals surface area contributed by atoms with E-state index >= 15 is 4.79 Å². The van der Waals surface area contributed by atoms with E-state index in [4.69, 9.17) is 0 Å². The van der Waals surface area contributed by atoms with E-state index in [-0.39, 0.29) is 36.2 Å². The lowest BCUT2D eigenvalue weighted by atomic mass is 9.49. The van der Waals surface area contributed by atoms with Crippen LogP contribution in [0, 0.1) is 37.5 Å². The van der Waals surface area contributed by atoms with Crippen LogP contribution in [0.15, 0.2) is 109 Å². The fraction of sp³-hybridized carbons (Fsp3) is 0.262. The Morgan fingerprint density at radius 1 is 0.804 bits per heavy atom. The Bertz CT molecular complexity index is 2160. The lowest BCUT2D eigenvalue weighted by Crippen LogP contribution is -2.53. The lowest BCUT2D eigenvalue weighted by Gasteiger charge is -2.50. The summed E-state index contributed by atoms with van der Waals surface area (Å²) in [7, 11) is 0. The number of rotatable bonds is 6. The number of anilines is 2. The second kappa shape index (κ2) is 11.9. The van der Waals surface area contributed by atoms with Crippen LogP contribution < -0.4 is 10.3 Å². The van der Waals surface area contributed by atoms with Crippen molar-refractivity contribution in [2.75, 3.05) is 10.3 Å². The molecule has 2 aliphatic carbocycles. The summed E-state index contributed by atoms with van der Waals surface area (Å²) in [6.45, 7) is 5.20. The molecular formula is C42H37N3O6. The molecule has 2 saturated heterocycles. The molecular weight excluding hydrogens is 642 g/mol. The third-order valence-electron chi connectivity index (χ3n) is 11.5. The molecule has 4 aromatic rings. The third-order valence-corrected chi connectivity index (χ3v) is 11.5. The maximum Gasteiger partial charge on any atom is 0.260 e. The van der Waals surface area contributed by atoms with Crippen molar-refractivity contribution < 1.29 is 29.1 Å². The summed E-state index contributed by atoms with van der Waals surface area (Å²) in [5, 5.41) is 12.8. The fourth-order valence-electron chi connectivity index (χ4n) is 9.11. The highest BCUT2D eigenvalue weighted by molar-refractivity contribution is 6.22. The molecule has 51 heavy (non-hydrogen) atoms. The molecule has 0 spiro atoms. The maximum atomic E-state index is 15.2. The Hall–Kier alpha value is -5.83. The van der Waals surface area contributed by atoms with E-state index in [0.717, 1.165) is 16.1 Å². The summed E-state index contributed by atoms with van der Waals surface area (Å²) >= 11 is 0. The van der Waals surface area contributed by atoms with Gasteiger partial charge in [0.1, 0.15) is 5.75 Å². The van der Waals surface area contributed by atoms with Crippen molar-refractivity contribution in [1.29, 1.82) is 0 Å². The summed E-state index contributed by atoms with van der Waals surface area (Å²) in [5.74, 6) is -5.45. The fourth-order valence-corrected chi connectivity index (χ4v) is 9.11. The van der Waals surface area contributed by atoms with Crippen molar-refractivity contribution in [3.8, 4) is 5.75 Å². The van der Waals surface area contributed by atoms with Crippen LogP contribution in [0.3, 0.4) is 0 Å². The second-order valence-electron chi connectivity index (χ2n) is 14.2. The number of aromatic hydroxyl groups is 1. The number of carbonyl (C=O) groups is 5. The molecule has 2 N–H and O–H groups in total. The predicted molar refractivity (Wildman–Crippen MR) is 191 cm³/mol. The van der Waals surface area contributed by atoms with Gasteiger partial charge in [-0.1, -0.05) is 77.9 Å². The zero-order chi connectivity index (χ0) is 35.8. The highest BCUT2D eigenvalue weighted by Gasteiger charge is 2.70. The van der Waals surface area contributed by atoms with Crippen LogP contribution in [0.25, 0.3) is 0 Å². The molecule has 9 heteroatoms. The number of carbonyl (C=O) groups excluding carboxylic acids is 5. The number of fused-ring (bicyclic) bond motifs is 4. The van der Waals surface area contributed by atoms with E-state index in [1.54, 1.807) is 43.3 Å². The molecule has 4 aliphatic rings. The molecule has 6 atom stereocenters. The largest absolute Gasteiger partial charge is 0.507 e. The molecule has 0 radical (unpaired) electrons. The molecule has 4 aromatic carbocycles. The molecule has 256 valence electrons. The number of imide groups is 2. The summed E-state index contributed by atoms with van der Waals surface area (Å²) in [4.78, 5) is 71.7. The third kappa shape index (κ3) is 4.71. The van der Waals surface area contributed by atoms with Gasteiger partial charge >= 0.3 is 0 Å². The number of benzene rings is 4. The first kappa shape index (κ1) is 32.4. The number of aryl methyl sites for hydroxylation is 2. The molecule has 3 fully saturated rings. The quantitative estimate of drug-likeness (QED) is 0.137. The number of phenolic OH excluding ortho intramolecular Hbond substituents is 1. The zero-order valence-corrected chi connectivity index (χ0v) is 28.5. The number of hydrogen-bond acceptors (Lipinski definition) is 7. The van der Waals surface area contributed by atoms with E-state index in [0.29, 0.717) is 33.6 Å². The summed E-state index contributed by atoms with van der Waals surface area (Å²) < 4.78 is 0. The Labute approximate surface area is 295 Å². The Morgan fingerprint density at radius 3 is 2.20 bits per heavy atom. The first-order valence-electron chi connectivity index (χ1n) is 17.3. The SMILES string of the molecule is CC(=O)c1ccc(N2C(=O)[C@H]3[C@H](CC=C4[C@H]3C[C@H]3C(=O)N(Nc5ccc(C)cc5)C(=O)[C@@]3(c3ccccc3)[C@H]4c3cccc(C)c3O)C2=O)cc1. The van der Waals surface area contributed by atoms with Crippen LogP contribution >= 0.6 is 0 Å². The van der Waals surface area contributed by atoms with Gasteiger partial charge in [0.15, 0.2) is 5.78 Å². The summed E-state index contributed by atoms with van der Waals surface area (Å²) in [6, 6.07) is 28.5. The van der Waals surface area contributed by atoms with Crippen molar-refractivity contribution in [2.45, 2.75) is 44.9 Å².